The van der Waals surface area contributed by atoms with Gasteiger partial charge in [0.25, 0.3) is 0 Å². The van der Waals surface area contributed by atoms with E-state index in [2.05, 4.69) is 5.10 Å². The number of hydrogen-bond donors (Lipinski definition) is 1. The fourth-order valence-corrected chi connectivity index (χ4v) is 4.98. The van der Waals surface area contributed by atoms with Gasteiger partial charge in [-0.1, -0.05) is 12.1 Å². The lowest BCUT2D eigenvalue weighted by Crippen LogP contribution is -2.15. The molecule has 0 radical (unpaired) electrons. The standard InChI is InChI=1S/C20H22N2O5S2/c1-4-27-20(24)11-22-16(9-13(2)21-22)18-8-7-17(28-18)14-5-6-15(12-23)19(10-14)29(3,25)26/h5-10,23H,4,11-12H2,1-3H3. The fourth-order valence-electron chi connectivity index (χ4n) is 3.01. The number of aliphatic hydroxyl groups is 1. The first-order chi connectivity index (χ1) is 13.7. The molecule has 154 valence electrons. The Morgan fingerprint density at radius 2 is 1.93 bits per heavy atom. The van der Waals surface area contributed by atoms with Gasteiger partial charge in [0.2, 0.25) is 0 Å². The number of esters is 1. The number of hydrogen-bond acceptors (Lipinski definition) is 7. The maximum atomic E-state index is 12.1. The molecule has 0 bridgehead atoms. The van der Waals surface area contributed by atoms with Crippen LogP contribution in [0.1, 0.15) is 18.2 Å². The molecule has 2 heterocycles. The van der Waals surface area contributed by atoms with Crippen molar-refractivity contribution in [1.29, 1.82) is 0 Å². The predicted molar refractivity (Wildman–Crippen MR) is 111 cm³/mol. The molecule has 0 saturated carbocycles. The van der Waals surface area contributed by atoms with Crippen LogP contribution in [0.3, 0.4) is 0 Å². The Kier molecular flexibility index (Phi) is 6.21. The van der Waals surface area contributed by atoms with E-state index in [1.54, 1.807) is 29.8 Å². The predicted octanol–water partition coefficient (Wildman–Crippen LogP) is 3.05. The molecular formula is C20H22N2O5S2. The van der Waals surface area contributed by atoms with Gasteiger partial charge in [-0.2, -0.15) is 5.10 Å². The second-order valence-corrected chi connectivity index (χ2v) is 9.62. The summed E-state index contributed by atoms with van der Waals surface area (Å²) >= 11 is 1.47. The molecule has 0 unspecified atom stereocenters. The van der Waals surface area contributed by atoms with Gasteiger partial charge in [0.05, 0.1) is 34.4 Å². The normalized spacial score (nSPS) is 11.6. The maximum absolute atomic E-state index is 12.1. The highest BCUT2D eigenvalue weighted by Gasteiger charge is 2.17. The number of aliphatic hydroxyl groups excluding tert-OH is 1. The lowest BCUT2D eigenvalue weighted by molar-refractivity contribution is -0.144. The molecule has 3 rings (SSSR count). The Balaban J connectivity index is 1.98. The van der Waals surface area contributed by atoms with E-state index in [-0.39, 0.29) is 24.0 Å². The molecule has 9 heteroatoms. The Hall–Kier alpha value is -2.49. The van der Waals surface area contributed by atoms with E-state index in [1.807, 2.05) is 25.1 Å². The van der Waals surface area contributed by atoms with E-state index in [1.165, 1.54) is 11.3 Å². The van der Waals surface area contributed by atoms with Gasteiger partial charge in [-0.3, -0.25) is 9.48 Å². The van der Waals surface area contributed by atoms with Crippen LogP contribution < -0.4 is 0 Å². The Morgan fingerprint density at radius 3 is 2.59 bits per heavy atom. The van der Waals surface area contributed by atoms with Gasteiger partial charge in [-0.05, 0) is 49.2 Å². The van der Waals surface area contributed by atoms with Crippen LogP contribution >= 0.6 is 11.3 Å². The minimum absolute atomic E-state index is 0.0215. The maximum Gasteiger partial charge on any atom is 0.327 e. The number of nitrogens with zero attached hydrogens (tertiary/aromatic N) is 2. The number of carbonyl (C=O) groups excluding carboxylic acids is 1. The third kappa shape index (κ3) is 4.75. The molecule has 1 aromatic carbocycles. The Morgan fingerprint density at radius 1 is 1.21 bits per heavy atom. The summed E-state index contributed by atoms with van der Waals surface area (Å²) in [7, 11) is -3.46. The number of benzene rings is 1. The zero-order chi connectivity index (χ0) is 21.2. The highest BCUT2D eigenvalue weighted by molar-refractivity contribution is 7.90. The van der Waals surface area contributed by atoms with Crippen molar-refractivity contribution in [2.45, 2.75) is 31.9 Å². The van der Waals surface area contributed by atoms with Crippen LogP contribution in [0.2, 0.25) is 0 Å². The fraction of sp³-hybridized carbons (Fsp3) is 0.300. The molecule has 2 aromatic heterocycles. The van der Waals surface area contributed by atoms with Crippen molar-refractivity contribution in [2.75, 3.05) is 12.9 Å². The molecule has 0 aliphatic heterocycles. The van der Waals surface area contributed by atoms with Gasteiger partial charge >= 0.3 is 5.97 Å². The summed E-state index contributed by atoms with van der Waals surface area (Å²) in [6.07, 6.45) is 1.13. The van der Waals surface area contributed by atoms with E-state index in [9.17, 15) is 18.3 Å². The Labute approximate surface area is 173 Å². The van der Waals surface area contributed by atoms with Crippen LogP contribution in [0.4, 0.5) is 0 Å². The van der Waals surface area contributed by atoms with Gasteiger partial charge in [-0.15, -0.1) is 11.3 Å². The van der Waals surface area contributed by atoms with Crippen LogP contribution in [0.25, 0.3) is 21.0 Å². The van der Waals surface area contributed by atoms with E-state index in [0.717, 1.165) is 33.0 Å². The first-order valence-electron chi connectivity index (χ1n) is 8.97. The van der Waals surface area contributed by atoms with Crippen LogP contribution in [-0.4, -0.2) is 42.1 Å². The van der Waals surface area contributed by atoms with Crippen LogP contribution in [-0.2, 0) is 32.5 Å². The molecule has 0 saturated heterocycles. The SMILES string of the molecule is CCOC(=O)Cn1nc(C)cc1-c1ccc(-c2ccc(CO)c(S(C)(=O)=O)c2)s1. The van der Waals surface area contributed by atoms with E-state index >= 15 is 0 Å². The number of carbonyl (C=O) groups is 1. The lowest BCUT2D eigenvalue weighted by atomic mass is 10.1. The van der Waals surface area contributed by atoms with Crippen LogP contribution in [0.5, 0.6) is 0 Å². The number of ether oxygens (including phenoxy) is 1. The summed E-state index contributed by atoms with van der Waals surface area (Å²) in [5, 5.41) is 13.8. The number of aromatic nitrogens is 2. The average Bonchev–Trinajstić information content (AvgIpc) is 3.27. The molecule has 0 spiro atoms. The van der Waals surface area contributed by atoms with Gasteiger partial charge < -0.3 is 9.84 Å². The zero-order valence-electron chi connectivity index (χ0n) is 16.4. The molecule has 1 N–H and O–H groups in total. The largest absolute Gasteiger partial charge is 0.465 e. The molecule has 0 atom stereocenters. The summed E-state index contributed by atoms with van der Waals surface area (Å²) in [5.74, 6) is -0.356. The number of aryl methyl sites for hydroxylation is 1. The van der Waals surface area contributed by atoms with E-state index in [4.69, 9.17) is 4.74 Å². The molecule has 0 aliphatic carbocycles. The molecule has 29 heavy (non-hydrogen) atoms. The summed E-state index contributed by atoms with van der Waals surface area (Å²) in [5.41, 5.74) is 2.69. The summed E-state index contributed by atoms with van der Waals surface area (Å²) in [6.45, 7) is 3.60. The van der Waals surface area contributed by atoms with Gasteiger partial charge in [0, 0.05) is 11.1 Å². The quantitative estimate of drug-likeness (QED) is 0.574. The minimum Gasteiger partial charge on any atom is -0.465 e. The molecule has 0 fully saturated rings. The van der Waals surface area contributed by atoms with Crippen molar-refractivity contribution in [3.8, 4) is 21.0 Å². The summed E-state index contributed by atoms with van der Waals surface area (Å²) in [4.78, 5) is 13.8. The molecular weight excluding hydrogens is 412 g/mol. The highest BCUT2D eigenvalue weighted by Crippen LogP contribution is 2.36. The number of thiophene rings is 1. The van der Waals surface area contributed by atoms with Crippen molar-refractivity contribution in [2.24, 2.45) is 0 Å². The molecule has 0 aliphatic rings. The molecule has 3 aromatic rings. The van der Waals surface area contributed by atoms with Gasteiger partial charge in [0.1, 0.15) is 6.54 Å². The smallest absolute Gasteiger partial charge is 0.327 e. The number of rotatable bonds is 7. The minimum atomic E-state index is -3.46. The molecule has 7 nitrogen and oxygen atoms in total. The zero-order valence-corrected chi connectivity index (χ0v) is 18.0. The van der Waals surface area contributed by atoms with Crippen molar-refractivity contribution in [3.63, 3.8) is 0 Å². The summed E-state index contributed by atoms with van der Waals surface area (Å²) in [6, 6.07) is 10.7. The summed E-state index contributed by atoms with van der Waals surface area (Å²) < 4.78 is 30.8. The highest BCUT2D eigenvalue weighted by atomic mass is 32.2. The van der Waals surface area contributed by atoms with E-state index in [0.29, 0.717) is 12.2 Å². The van der Waals surface area contributed by atoms with Crippen LogP contribution in [0.15, 0.2) is 41.3 Å². The van der Waals surface area contributed by atoms with Crippen LogP contribution in [0, 0.1) is 6.92 Å². The number of sulfone groups is 1. The lowest BCUT2D eigenvalue weighted by Gasteiger charge is -2.08. The first kappa shape index (κ1) is 21.2. The topological polar surface area (TPSA) is 98.5 Å². The second-order valence-electron chi connectivity index (χ2n) is 6.55. The van der Waals surface area contributed by atoms with Crippen molar-refractivity contribution in [3.05, 3.63) is 47.7 Å². The van der Waals surface area contributed by atoms with Crippen molar-refractivity contribution in [1.82, 2.24) is 9.78 Å². The third-order valence-corrected chi connectivity index (χ3v) is 6.60. The van der Waals surface area contributed by atoms with Gasteiger partial charge in [-0.25, -0.2) is 8.42 Å². The molecule has 0 amide bonds. The van der Waals surface area contributed by atoms with E-state index < -0.39 is 9.84 Å². The third-order valence-electron chi connectivity index (χ3n) is 4.27. The van der Waals surface area contributed by atoms with Crippen molar-refractivity contribution < 1.29 is 23.1 Å². The van der Waals surface area contributed by atoms with Crippen molar-refractivity contribution >= 4 is 27.1 Å². The monoisotopic (exact) mass is 434 g/mol. The first-order valence-corrected chi connectivity index (χ1v) is 11.7. The second kappa shape index (κ2) is 8.48. The Bertz CT molecular complexity index is 1150. The van der Waals surface area contributed by atoms with Gasteiger partial charge in [0.15, 0.2) is 9.84 Å². The average molecular weight is 435 g/mol.